The van der Waals surface area contributed by atoms with Crippen LogP contribution in [0.4, 0.5) is 5.82 Å². The summed E-state index contributed by atoms with van der Waals surface area (Å²) in [6.07, 6.45) is 1.37. The first-order chi connectivity index (χ1) is 9.58. The summed E-state index contributed by atoms with van der Waals surface area (Å²) in [7, 11) is 1.96. The highest BCUT2D eigenvalue weighted by molar-refractivity contribution is 5.91. The Kier molecular flexibility index (Phi) is 4.86. The molecule has 0 radical (unpaired) electrons. The third-order valence-electron chi connectivity index (χ3n) is 3.55. The van der Waals surface area contributed by atoms with Crippen molar-refractivity contribution in [2.45, 2.75) is 13.0 Å². The second kappa shape index (κ2) is 6.62. The number of carbonyl (C=O) groups excluding carboxylic acids is 1. The Labute approximate surface area is 118 Å². The minimum atomic E-state index is -0.539. The Morgan fingerprint density at radius 3 is 2.85 bits per heavy atom. The van der Waals surface area contributed by atoms with Crippen LogP contribution in [0.5, 0.6) is 0 Å². The topological polar surface area (TPSA) is 84.6 Å². The van der Waals surface area contributed by atoms with Gasteiger partial charge in [0.25, 0.3) is 5.91 Å². The monoisotopic (exact) mass is 279 g/mol. The van der Waals surface area contributed by atoms with Gasteiger partial charge in [0.05, 0.1) is 13.2 Å². The lowest BCUT2D eigenvalue weighted by Crippen LogP contribution is -2.45. The van der Waals surface area contributed by atoms with Gasteiger partial charge in [0, 0.05) is 38.8 Å². The van der Waals surface area contributed by atoms with Gasteiger partial charge in [-0.05, 0) is 6.92 Å². The average Bonchev–Trinajstić information content (AvgIpc) is 2.47. The molecule has 1 aliphatic heterocycles. The van der Waals surface area contributed by atoms with Crippen LogP contribution in [-0.4, -0.2) is 66.7 Å². The fraction of sp³-hybridized carbons (Fsp3) is 0.615. The second-order valence-corrected chi connectivity index (χ2v) is 5.00. The van der Waals surface area contributed by atoms with Crippen LogP contribution in [0.3, 0.4) is 0 Å². The van der Waals surface area contributed by atoms with E-state index in [1.165, 1.54) is 6.33 Å². The summed E-state index contributed by atoms with van der Waals surface area (Å²) in [5.74, 6) is 0.164. The lowest BCUT2D eigenvalue weighted by Gasteiger charge is -2.33. The van der Waals surface area contributed by atoms with Crippen LogP contribution < -0.4 is 10.6 Å². The van der Waals surface area contributed by atoms with Crippen LogP contribution in [0.2, 0.25) is 0 Å². The SMILES string of the molecule is CC(CN1CCOCC1)N(C)c1cc(C(N)=O)ncn1. The number of primary amides is 1. The lowest BCUT2D eigenvalue weighted by molar-refractivity contribution is 0.0358. The van der Waals surface area contributed by atoms with Gasteiger partial charge in [-0.25, -0.2) is 9.97 Å². The van der Waals surface area contributed by atoms with Gasteiger partial charge in [-0.15, -0.1) is 0 Å². The standard InChI is InChI=1S/C13H21N5O2/c1-10(8-18-3-5-20-6-4-18)17(2)12-7-11(13(14)19)15-9-16-12/h7,9-10H,3-6,8H2,1-2H3,(H2,14,19). The highest BCUT2D eigenvalue weighted by Crippen LogP contribution is 2.13. The third kappa shape index (κ3) is 3.64. The number of amides is 1. The summed E-state index contributed by atoms with van der Waals surface area (Å²) in [6, 6.07) is 1.89. The van der Waals surface area contributed by atoms with E-state index in [9.17, 15) is 4.79 Å². The molecule has 2 heterocycles. The van der Waals surface area contributed by atoms with Gasteiger partial charge >= 0.3 is 0 Å². The van der Waals surface area contributed by atoms with Crippen molar-refractivity contribution >= 4 is 11.7 Å². The molecule has 1 unspecified atom stereocenters. The van der Waals surface area contributed by atoms with Gasteiger partial charge in [-0.3, -0.25) is 9.69 Å². The maximum absolute atomic E-state index is 11.2. The van der Waals surface area contributed by atoms with Gasteiger partial charge in [0.1, 0.15) is 17.8 Å². The molecule has 1 atom stereocenters. The average molecular weight is 279 g/mol. The van der Waals surface area contributed by atoms with Crippen molar-refractivity contribution in [1.29, 1.82) is 0 Å². The van der Waals surface area contributed by atoms with E-state index in [-0.39, 0.29) is 11.7 Å². The molecule has 1 aromatic rings. The van der Waals surface area contributed by atoms with Gasteiger partial charge in [0.2, 0.25) is 0 Å². The fourth-order valence-electron chi connectivity index (χ4n) is 2.18. The zero-order valence-corrected chi connectivity index (χ0v) is 12.0. The molecular formula is C13H21N5O2. The summed E-state index contributed by atoms with van der Waals surface area (Å²) in [6.45, 7) is 6.53. The number of morpholine rings is 1. The number of likely N-dealkylation sites (N-methyl/N-ethyl adjacent to an activating group) is 1. The zero-order chi connectivity index (χ0) is 14.5. The Morgan fingerprint density at radius 1 is 1.50 bits per heavy atom. The molecule has 1 aromatic heterocycles. The van der Waals surface area contributed by atoms with Crippen LogP contribution in [-0.2, 0) is 4.74 Å². The van der Waals surface area contributed by atoms with Crippen molar-refractivity contribution in [3.8, 4) is 0 Å². The summed E-state index contributed by atoms with van der Waals surface area (Å²) in [4.78, 5) is 23.6. The number of aromatic nitrogens is 2. The number of nitrogens with two attached hydrogens (primary N) is 1. The molecule has 110 valence electrons. The molecule has 7 nitrogen and oxygen atoms in total. The van der Waals surface area contributed by atoms with E-state index < -0.39 is 5.91 Å². The maximum Gasteiger partial charge on any atom is 0.267 e. The molecule has 7 heteroatoms. The molecule has 1 aliphatic rings. The molecule has 2 N–H and O–H groups in total. The minimum absolute atomic E-state index is 0.237. The van der Waals surface area contributed by atoms with E-state index in [0.717, 1.165) is 32.8 Å². The Morgan fingerprint density at radius 2 is 2.20 bits per heavy atom. The van der Waals surface area contributed by atoms with E-state index in [1.807, 2.05) is 11.9 Å². The largest absolute Gasteiger partial charge is 0.379 e. The highest BCUT2D eigenvalue weighted by Gasteiger charge is 2.18. The van der Waals surface area contributed by atoms with Crippen molar-refractivity contribution in [3.05, 3.63) is 18.1 Å². The zero-order valence-electron chi connectivity index (χ0n) is 12.0. The van der Waals surface area contributed by atoms with E-state index in [1.54, 1.807) is 6.07 Å². The first-order valence-corrected chi connectivity index (χ1v) is 6.72. The molecule has 1 amide bonds. The molecule has 0 saturated carbocycles. The summed E-state index contributed by atoms with van der Waals surface area (Å²) in [5.41, 5.74) is 5.47. The quantitative estimate of drug-likeness (QED) is 0.799. The summed E-state index contributed by atoms with van der Waals surface area (Å²) >= 11 is 0. The number of ether oxygens (including phenoxy) is 1. The van der Waals surface area contributed by atoms with E-state index in [0.29, 0.717) is 5.82 Å². The predicted molar refractivity (Wildman–Crippen MR) is 75.7 cm³/mol. The number of hydrogen-bond donors (Lipinski definition) is 1. The number of carbonyl (C=O) groups is 1. The van der Waals surface area contributed by atoms with Crippen molar-refractivity contribution in [3.63, 3.8) is 0 Å². The van der Waals surface area contributed by atoms with Crippen LogP contribution in [0.15, 0.2) is 12.4 Å². The van der Waals surface area contributed by atoms with Crippen LogP contribution in [0, 0.1) is 0 Å². The first kappa shape index (κ1) is 14.7. The smallest absolute Gasteiger partial charge is 0.267 e. The van der Waals surface area contributed by atoms with Crippen molar-refractivity contribution in [1.82, 2.24) is 14.9 Å². The van der Waals surface area contributed by atoms with Crippen molar-refractivity contribution in [2.24, 2.45) is 5.73 Å². The van der Waals surface area contributed by atoms with Crippen molar-refractivity contribution in [2.75, 3.05) is 44.8 Å². The molecule has 0 bridgehead atoms. The van der Waals surface area contributed by atoms with Gasteiger partial charge in [-0.2, -0.15) is 0 Å². The maximum atomic E-state index is 11.2. The Bertz CT molecular complexity index is 462. The number of rotatable bonds is 5. The number of anilines is 1. The Balaban J connectivity index is 2.00. The molecule has 2 rings (SSSR count). The molecular weight excluding hydrogens is 258 g/mol. The Hall–Kier alpha value is -1.73. The molecule has 0 aromatic carbocycles. The summed E-state index contributed by atoms with van der Waals surface area (Å²) < 4.78 is 5.34. The number of nitrogens with zero attached hydrogens (tertiary/aromatic N) is 4. The molecule has 1 fully saturated rings. The van der Waals surface area contributed by atoms with Gasteiger partial charge < -0.3 is 15.4 Å². The van der Waals surface area contributed by atoms with Crippen LogP contribution >= 0.6 is 0 Å². The predicted octanol–water partition coefficient (Wildman–Crippen LogP) is -0.268. The van der Waals surface area contributed by atoms with Crippen LogP contribution in [0.1, 0.15) is 17.4 Å². The molecule has 0 aliphatic carbocycles. The minimum Gasteiger partial charge on any atom is -0.379 e. The molecule has 0 spiro atoms. The normalized spacial score (nSPS) is 17.7. The summed E-state index contributed by atoms with van der Waals surface area (Å²) in [5, 5.41) is 0. The lowest BCUT2D eigenvalue weighted by atomic mass is 10.2. The van der Waals surface area contributed by atoms with E-state index in [2.05, 4.69) is 21.8 Å². The molecule has 1 saturated heterocycles. The van der Waals surface area contributed by atoms with E-state index >= 15 is 0 Å². The first-order valence-electron chi connectivity index (χ1n) is 6.72. The molecule has 20 heavy (non-hydrogen) atoms. The third-order valence-corrected chi connectivity index (χ3v) is 3.55. The highest BCUT2D eigenvalue weighted by atomic mass is 16.5. The van der Waals surface area contributed by atoms with Gasteiger partial charge in [0.15, 0.2) is 0 Å². The van der Waals surface area contributed by atoms with Gasteiger partial charge in [-0.1, -0.05) is 0 Å². The van der Waals surface area contributed by atoms with Crippen molar-refractivity contribution < 1.29 is 9.53 Å². The number of hydrogen-bond acceptors (Lipinski definition) is 6. The van der Waals surface area contributed by atoms with Crippen LogP contribution in [0.25, 0.3) is 0 Å². The second-order valence-electron chi connectivity index (χ2n) is 5.00. The fourth-order valence-corrected chi connectivity index (χ4v) is 2.18. The van der Waals surface area contributed by atoms with E-state index in [4.69, 9.17) is 10.5 Å².